The maximum atomic E-state index is 12.1. The van der Waals surface area contributed by atoms with Crippen molar-refractivity contribution in [3.8, 4) is 0 Å². The first kappa shape index (κ1) is 16.0. The molecule has 0 fully saturated rings. The van der Waals surface area contributed by atoms with Crippen LogP contribution in [0.3, 0.4) is 0 Å². The van der Waals surface area contributed by atoms with Gasteiger partial charge in [-0.2, -0.15) is 0 Å². The second-order valence-electron chi connectivity index (χ2n) is 6.12. The number of unbranched alkanes of at least 4 members (excludes halogenated alkanes) is 1. The molecule has 0 saturated carbocycles. The number of hydrogen-bond donors (Lipinski definition) is 2. The molecule has 0 atom stereocenters. The number of nitrogens with zero attached hydrogens (tertiary/aromatic N) is 1. The number of fused-ring (bicyclic) bond motifs is 1. The number of carbonyl (C=O) groups excluding carboxylic acids is 1. The van der Waals surface area contributed by atoms with Gasteiger partial charge in [0.1, 0.15) is 0 Å². The lowest BCUT2D eigenvalue weighted by atomic mass is 10.1. The van der Waals surface area contributed by atoms with Gasteiger partial charge in [0.05, 0.1) is 0 Å². The predicted octanol–water partition coefficient (Wildman–Crippen LogP) is 2.14. The van der Waals surface area contributed by atoms with E-state index in [9.17, 15) is 4.79 Å². The summed E-state index contributed by atoms with van der Waals surface area (Å²) in [6.07, 6.45) is 2.14. The van der Waals surface area contributed by atoms with Crippen molar-refractivity contribution in [2.75, 3.05) is 20.1 Å². The molecule has 4 nitrogen and oxygen atoms in total. The molecule has 0 radical (unpaired) electrons. The van der Waals surface area contributed by atoms with Crippen molar-refractivity contribution < 1.29 is 4.79 Å². The van der Waals surface area contributed by atoms with Crippen molar-refractivity contribution in [2.45, 2.75) is 45.8 Å². The average molecular weight is 289 g/mol. The molecule has 0 unspecified atom stereocenters. The van der Waals surface area contributed by atoms with Gasteiger partial charge in [-0.15, -0.1) is 0 Å². The van der Waals surface area contributed by atoms with Crippen LogP contribution in [0.25, 0.3) is 0 Å². The first-order chi connectivity index (χ1) is 10.1. The summed E-state index contributed by atoms with van der Waals surface area (Å²) in [6.45, 7) is 8.02. The molecule has 4 heteroatoms. The Labute approximate surface area is 127 Å². The lowest BCUT2D eigenvalue weighted by Gasteiger charge is -2.20. The third kappa shape index (κ3) is 4.55. The molecule has 1 aromatic rings. The van der Waals surface area contributed by atoms with Crippen LogP contribution in [0.1, 0.15) is 48.2 Å². The van der Waals surface area contributed by atoms with Gasteiger partial charge in [-0.25, -0.2) is 0 Å². The van der Waals surface area contributed by atoms with E-state index in [1.807, 2.05) is 12.1 Å². The summed E-state index contributed by atoms with van der Waals surface area (Å²) in [4.78, 5) is 14.4. The molecule has 1 amide bonds. The van der Waals surface area contributed by atoms with Crippen LogP contribution in [0.2, 0.25) is 0 Å². The van der Waals surface area contributed by atoms with E-state index < -0.39 is 0 Å². The number of carbonyl (C=O) groups is 1. The minimum absolute atomic E-state index is 0.0434. The Morgan fingerprint density at radius 1 is 1.29 bits per heavy atom. The van der Waals surface area contributed by atoms with E-state index in [0.29, 0.717) is 6.04 Å². The Hall–Kier alpha value is -1.39. The molecule has 0 bridgehead atoms. The summed E-state index contributed by atoms with van der Waals surface area (Å²) >= 11 is 0. The maximum Gasteiger partial charge on any atom is 0.251 e. The maximum absolute atomic E-state index is 12.1. The molecule has 2 rings (SSSR count). The van der Waals surface area contributed by atoms with Crippen LogP contribution < -0.4 is 10.6 Å². The highest BCUT2D eigenvalue weighted by atomic mass is 16.1. The normalized spacial score (nSPS) is 13.8. The average Bonchev–Trinajstić information content (AvgIpc) is 2.93. The van der Waals surface area contributed by atoms with Gasteiger partial charge < -0.3 is 15.5 Å². The monoisotopic (exact) mass is 289 g/mol. The Balaban J connectivity index is 1.70. The van der Waals surface area contributed by atoms with Gasteiger partial charge in [0.2, 0.25) is 0 Å². The summed E-state index contributed by atoms with van der Waals surface area (Å²) in [5.41, 5.74) is 3.33. The fraction of sp³-hybridized carbons (Fsp3) is 0.588. The van der Waals surface area contributed by atoms with Gasteiger partial charge in [-0.1, -0.05) is 6.07 Å². The van der Waals surface area contributed by atoms with Crippen molar-refractivity contribution in [3.05, 3.63) is 34.9 Å². The zero-order valence-electron chi connectivity index (χ0n) is 13.4. The minimum Gasteiger partial charge on any atom is -0.352 e. The van der Waals surface area contributed by atoms with Gasteiger partial charge in [0, 0.05) is 31.2 Å². The molecule has 21 heavy (non-hydrogen) atoms. The third-order valence-corrected chi connectivity index (χ3v) is 4.20. The fourth-order valence-electron chi connectivity index (χ4n) is 2.48. The Bertz CT molecular complexity index is 485. The molecular formula is C17H27N3O. The van der Waals surface area contributed by atoms with Crippen LogP contribution in [0.4, 0.5) is 0 Å². The second kappa shape index (κ2) is 7.57. The number of nitrogens with one attached hydrogen (secondary N) is 2. The van der Waals surface area contributed by atoms with Crippen LogP contribution >= 0.6 is 0 Å². The Morgan fingerprint density at radius 3 is 2.81 bits per heavy atom. The van der Waals surface area contributed by atoms with Gasteiger partial charge in [0.25, 0.3) is 5.91 Å². The molecule has 0 aromatic heterocycles. The molecule has 2 N–H and O–H groups in total. The quantitative estimate of drug-likeness (QED) is 0.756. The molecule has 1 aliphatic rings. The highest BCUT2D eigenvalue weighted by Crippen LogP contribution is 2.16. The zero-order chi connectivity index (χ0) is 15.2. The van der Waals surface area contributed by atoms with Gasteiger partial charge in [-0.3, -0.25) is 4.79 Å². The number of amides is 1. The summed E-state index contributed by atoms with van der Waals surface area (Å²) in [5.74, 6) is 0.0434. The molecule has 1 aliphatic heterocycles. The van der Waals surface area contributed by atoms with E-state index in [2.05, 4.69) is 42.5 Å². The summed E-state index contributed by atoms with van der Waals surface area (Å²) in [7, 11) is 2.14. The zero-order valence-corrected chi connectivity index (χ0v) is 13.4. The molecule has 0 saturated heterocycles. The molecular weight excluding hydrogens is 262 g/mol. The third-order valence-electron chi connectivity index (χ3n) is 4.20. The van der Waals surface area contributed by atoms with Crippen LogP contribution in [-0.4, -0.2) is 37.0 Å². The van der Waals surface area contributed by atoms with E-state index in [4.69, 9.17) is 0 Å². The molecule has 1 aromatic carbocycles. The Kier molecular flexibility index (Phi) is 5.76. The van der Waals surface area contributed by atoms with E-state index >= 15 is 0 Å². The van der Waals surface area contributed by atoms with E-state index in [1.54, 1.807) is 0 Å². The van der Waals surface area contributed by atoms with Crippen LogP contribution in [-0.2, 0) is 13.1 Å². The topological polar surface area (TPSA) is 44.4 Å². The minimum atomic E-state index is 0.0434. The second-order valence-corrected chi connectivity index (χ2v) is 6.12. The van der Waals surface area contributed by atoms with E-state index in [0.717, 1.165) is 44.6 Å². The first-order valence-corrected chi connectivity index (χ1v) is 7.89. The number of hydrogen-bond acceptors (Lipinski definition) is 3. The first-order valence-electron chi connectivity index (χ1n) is 7.89. The highest BCUT2D eigenvalue weighted by molar-refractivity contribution is 5.94. The van der Waals surface area contributed by atoms with Crippen molar-refractivity contribution >= 4 is 5.91 Å². The van der Waals surface area contributed by atoms with Crippen LogP contribution in [0.15, 0.2) is 18.2 Å². The van der Waals surface area contributed by atoms with E-state index in [1.165, 1.54) is 11.1 Å². The lowest BCUT2D eigenvalue weighted by Crippen LogP contribution is -2.29. The van der Waals surface area contributed by atoms with Gasteiger partial charge in [-0.05, 0) is 63.5 Å². The van der Waals surface area contributed by atoms with Crippen molar-refractivity contribution in [1.29, 1.82) is 0 Å². The molecule has 1 heterocycles. The van der Waals surface area contributed by atoms with Crippen molar-refractivity contribution in [1.82, 2.24) is 15.5 Å². The van der Waals surface area contributed by atoms with Crippen LogP contribution in [0.5, 0.6) is 0 Å². The predicted molar refractivity (Wildman–Crippen MR) is 86.3 cm³/mol. The molecule has 0 spiro atoms. The number of benzene rings is 1. The lowest BCUT2D eigenvalue weighted by molar-refractivity contribution is 0.0952. The molecule has 0 aliphatic carbocycles. The van der Waals surface area contributed by atoms with Gasteiger partial charge in [0.15, 0.2) is 0 Å². The molecule has 116 valence electrons. The van der Waals surface area contributed by atoms with Crippen LogP contribution in [0, 0.1) is 0 Å². The highest BCUT2D eigenvalue weighted by Gasteiger charge is 2.13. The summed E-state index contributed by atoms with van der Waals surface area (Å²) < 4.78 is 0. The summed E-state index contributed by atoms with van der Waals surface area (Å²) in [5, 5.41) is 6.31. The smallest absolute Gasteiger partial charge is 0.251 e. The summed E-state index contributed by atoms with van der Waals surface area (Å²) in [6, 6.07) is 6.58. The fourth-order valence-corrected chi connectivity index (χ4v) is 2.48. The largest absolute Gasteiger partial charge is 0.352 e. The SMILES string of the molecule is CC(C)N(C)CCCCNC(=O)c1ccc2c(c1)CNC2. The van der Waals surface area contributed by atoms with E-state index in [-0.39, 0.29) is 5.91 Å². The number of rotatable bonds is 7. The Morgan fingerprint density at radius 2 is 2.05 bits per heavy atom. The van der Waals surface area contributed by atoms with Crippen molar-refractivity contribution in [3.63, 3.8) is 0 Å². The van der Waals surface area contributed by atoms with Crippen molar-refractivity contribution in [2.24, 2.45) is 0 Å². The van der Waals surface area contributed by atoms with Gasteiger partial charge >= 0.3 is 0 Å². The standard InChI is InChI=1S/C17H27N3O/c1-13(2)20(3)9-5-4-8-19-17(21)14-6-7-15-11-18-12-16(15)10-14/h6-7,10,13,18H,4-5,8-9,11-12H2,1-3H3,(H,19,21).